The largest absolute Gasteiger partial charge is 0.455 e. The summed E-state index contributed by atoms with van der Waals surface area (Å²) in [5.74, 6) is 1.52. The zero-order valence-electron chi connectivity index (χ0n) is 12.1. The number of aromatic amines is 1. The molecule has 0 spiro atoms. The molecule has 3 N–H and O–H groups in total. The van der Waals surface area contributed by atoms with Crippen molar-refractivity contribution < 1.29 is 9.47 Å². The van der Waals surface area contributed by atoms with Crippen LogP contribution >= 0.6 is 0 Å². The van der Waals surface area contributed by atoms with E-state index in [2.05, 4.69) is 4.98 Å². The SMILES string of the molecule is Cc1ccc(OC(C)Oc2ccc3[nH]cc(N)c3c2)cc1. The summed E-state index contributed by atoms with van der Waals surface area (Å²) in [4.78, 5) is 3.10. The van der Waals surface area contributed by atoms with Gasteiger partial charge < -0.3 is 20.2 Å². The number of aryl methyl sites for hydroxylation is 1. The zero-order chi connectivity index (χ0) is 14.8. The van der Waals surface area contributed by atoms with Crippen molar-refractivity contribution >= 4 is 16.6 Å². The van der Waals surface area contributed by atoms with Gasteiger partial charge in [0.15, 0.2) is 0 Å². The molecular formula is C17H18N2O2. The van der Waals surface area contributed by atoms with Gasteiger partial charge in [-0.25, -0.2) is 0 Å². The lowest BCUT2D eigenvalue weighted by Crippen LogP contribution is -2.19. The summed E-state index contributed by atoms with van der Waals surface area (Å²) in [5.41, 5.74) is 8.80. The molecule has 0 aliphatic carbocycles. The monoisotopic (exact) mass is 282 g/mol. The molecule has 4 heteroatoms. The quantitative estimate of drug-likeness (QED) is 0.714. The lowest BCUT2D eigenvalue weighted by molar-refractivity contribution is 0.0224. The number of anilines is 1. The summed E-state index contributed by atoms with van der Waals surface area (Å²) in [6.45, 7) is 3.91. The van der Waals surface area contributed by atoms with Crippen LogP contribution in [0, 0.1) is 6.92 Å². The minimum atomic E-state index is -0.384. The molecule has 1 atom stereocenters. The molecule has 0 aliphatic rings. The fraction of sp³-hybridized carbons (Fsp3) is 0.176. The number of aromatic nitrogens is 1. The van der Waals surface area contributed by atoms with Crippen molar-refractivity contribution in [2.75, 3.05) is 5.73 Å². The zero-order valence-corrected chi connectivity index (χ0v) is 12.1. The van der Waals surface area contributed by atoms with Gasteiger partial charge in [-0.1, -0.05) is 17.7 Å². The first-order valence-electron chi connectivity index (χ1n) is 6.88. The molecule has 0 radical (unpaired) electrons. The van der Waals surface area contributed by atoms with E-state index in [4.69, 9.17) is 15.2 Å². The number of nitrogens with two attached hydrogens (primary N) is 1. The smallest absolute Gasteiger partial charge is 0.238 e. The molecule has 0 saturated heterocycles. The predicted molar refractivity (Wildman–Crippen MR) is 84.6 cm³/mol. The average Bonchev–Trinajstić information content (AvgIpc) is 2.83. The lowest BCUT2D eigenvalue weighted by Gasteiger charge is -2.16. The maximum atomic E-state index is 5.90. The highest BCUT2D eigenvalue weighted by atomic mass is 16.7. The molecule has 0 aliphatic heterocycles. The standard InChI is InChI=1S/C17H18N2O2/c1-11-3-5-13(6-4-11)20-12(2)21-14-7-8-17-15(9-14)16(18)10-19-17/h3-10,12,19H,18H2,1-2H3. The van der Waals surface area contributed by atoms with Gasteiger partial charge in [0.25, 0.3) is 0 Å². The minimum absolute atomic E-state index is 0.384. The third-order valence-corrected chi connectivity index (χ3v) is 3.31. The number of fused-ring (bicyclic) bond motifs is 1. The van der Waals surface area contributed by atoms with E-state index in [0.29, 0.717) is 5.69 Å². The molecule has 3 rings (SSSR count). The van der Waals surface area contributed by atoms with E-state index in [0.717, 1.165) is 22.4 Å². The van der Waals surface area contributed by atoms with Crippen molar-refractivity contribution in [2.24, 2.45) is 0 Å². The number of benzene rings is 2. The summed E-state index contributed by atoms with van der Waals surface area (Å²) in [6, 6.07) is 13.6. The Bertz CT molecular complexity index is 747. The van der Waals surface area contributed by atoms with Crippen LogP contribution in [0.1, 0.15) is 12.5 Å². The van der Waals surface area contributed by atoms with Crippen LogP contribution in [0.2, 0.25) is 0 Å². The van der Waals surface area contributed by atoms with Crippen LogP contribution in [0.15, 0.2) is 48.7 Å². The molecule has 2 aromatic carbocycles. The van der Waals surface area contributed by atoms with E-state index in [1.165, 1.54) is 5.56 Å². The Morgan fingerprint density at radius 1 is 1.00 bits per heavy atom. The number of rotatable bonds is 4. The Hall–Kier alpha value is -2.62. The summed E-state index contributed by atoms with van der Waals surface area (Å²) >= 11 is 0. The second kappa shape index (κ2) is 5.40. The Labute approximate surface area is 123 Å². The summed E-state index contributed by atoms with van der Waals surface area (Å²) in [5, 5.41) is 0.954. The number of hydrogen-bond donors (Lipinski definition) is 2. The maximum absolute atomic E-state index is 5.90. The highest BCUT2D eigenvalue weighted by molar-refractivity contribution is 5.92. The number of nitrogens with one attached hydrogen (secondary N) is 1. The first-order valence-corrected chi connectivity index (χ1v) is 6.88. The average molecular weight is 282 g/mol. The van der Waals surface area contributed by atoms with Crippen LogP contribution < -0.4 is 15.2 Å². The van der Waals surface area contributed by atoms with Gasteiger partial charge in [0.05, 0.1) is 5.69 Å². The Kier molecular flexibility index (Phi) is 3.44. The molecule has 108 valence electrons. The molecule has 1 aromatic heterocycles. The molecule has 0 saturated carbocycles. The third kappa shape index (κ3) is 2.94. The molecule has 1 heterocycles. The first-order chi connectivity index (χ1) is 10.1. The van der Waals surface area contributed by atoms with Gasteiger partial charge in [0.1, 0.15) is 11.5 Å². The van der Waals surface area contributed by atoms with Crippen molar-refractivity contribution in [1.82, 2.24) is 4.98 Å². The van der Waals surface area contributed by atoms with Crippen LogP contribution in [0.3, 0.4) is 0 Å². The highest BCUT2D eigenvalue weighted by Gasteiger charge is 2.08. The number of hydrogen-bond acceptors (Lipinski definition) is 3. The van der Waals surface area contributed by atoms with Crippen LogP contribution in [-0.2, 0) is 0 Å². The predicted octanol–water partition coefficient (Wildman–Crippen LogP) is 3.86. The lowest BCUT2D eigenvalue weighted by atomic mass is 10.2. The molecule has 0 amide bonds. The van der Waals surface area contributed by atoms with E-state index in [1.807, 2.05) is 56.3 Å². The van der Waals surface area contributed by atoms with Gasteiger partial charge in [0.2, 0.25) is 6.29 Å². The Balaban J connectivity index is 1.71. The van der Waals surface area contributed by atoms with E-state index in [9.17, 15) is 0 Å². The van der Waals surface area contributed by atoms with Gasteiger partial charge in [-0.15, -0.1) is 0 Å². The van der Waals surface area contributed by atoms with Crippen molar-refractivity contribution in [2.45, 2.75) is 20.1 Å². The Morgan fingerprint density at radius 3 is 2.43 bits per heavy atom. The van der Waals surface area contributed by atoms with Crippen LogP contribution in [0.5, 0.6) is 11.5 Å². The molecule has 21 heavy (non-hydrogen) atoms. The Morgan fingerprint density at radius 2 is 1.67 bits per heavy atom. The molecule has 1 unspecified atom stereocenters. The highest BCUT2D eigenvalue weighted by Crippen LogP contribution is 2.26. The van der Waals surface area contributed by atoms with Crippen molar-refractivity contribution in [1.29, 1.82) is 0 Å². The molecular weight excluding hydrogens is 264 g/mol. The van der Waals surface area contributed by atoms with Crippen molar-refractivity contribution in [3.63, 3.8) is 0 Å². The van der Waals surface area contributed by atoms with E-state index < -0.39 is 0 Å². The molecule has 3 aromatic rings. The van der Waals surface area contributed by atoms with Gasteiger partial charge in [-0.3, -0.25) is 0 Å². The maximum Gasteiger partial charge on any atom is 0.238 e. The third-order valence-electron chi connectivity index (χ3n) is 3.31. The van der Waals surface area contributed by atoms with Crippen LogP contribution in [0.25, 0.3) is 10.9 Å². The van der Waals surface area contributed by atoms with Gasteiger partial charge in [-0.05, 0) is 37.3 Å². The number of ether oxygens (including phenoxy) is 2. The summed E-state index contributed by atoms with van der Waals surface area (Å²) < 4.78 is 11.5. The topological polar surface area (TPSA) is 60.3 Å². The fourth-order valence-electron chi connectivity index (χ4n) is 2.22. The van der Waals surface area contributed by atoms with Crippen molar-refractivity contribution in [3.05, 3.63) is 54.2 Å². The van der Waals surface area contributed by atoms with Gasteiger partial charge >= 0.3 is 0 Å². The van der Waals surface area contributed by atoms with Crippen LogP contribution in [0.4, 0.5) is 5.69 Å². The van der Waals surface area contributed by atoms with E-state index in [1.54, 1.807) is 6.20 Å². The summed E-state index contributed by atoms with van der Waals surface area (Å²) in [6.07, 6.45) is 1.39. The number of nitrogen functional groups attached to an aromatic ring is 1. The molecule has 0 bridgehead atoms. The minimum Gasteiger partial charge on any atom is -0.455 e. The first kappa shape index (κ1) is 13.4. The van der Waals surface area contributed by atoms with E-state index >= 15 is 0 Å². The normalized spacial score (nSPS) is 12.3. The van der Waals surface area contributed by atoms with Gasteiger partial charge in [-0.2, -0.15) is 0 Å². The molecule has 4 nitrogen and oxygen atoms in total. The second-order valence-corrected chi connectivity index (χ2v) is 5.07. The van der Waals surface area contributed by atoms with Crippen LogP contribution in [-0.4, -0.2) is 11.3 Å². The summed E-state index contributed by atoms with van der Waals surface area (Å²) in [7, 11) is 0. The fourth-order valence-corrected chi connectivity index (χ4v) is 2.22. The van der Waals surface area contributed by atoms with Crippen molar-refractivity contribution in [3.8, 4) is 11.5 Å². The van der Waals surface area contributed by atoms with E-state index in [-0.39, 0.29) is 6.29 Å². The van der Waals surface area contributed by atoms with Gasteiger partial charge in [0, 0.05) is 24.0 Å². The number of H-pyrrole nitrogens is 1. The molecule has 0 fully saturated rings. The second-order valence-electron chi connectivity index (χ2n) is 5.07.